The molecule has 3 aliphatic heterocycles. The Morgan fingerprint density at radius 3 is 1.30 bits per heavy atom. The molecule has 478 valence electrons. The molecule has 12 N–H and O–H groups in total. The normalized spacial score (nSPS) is 30.0. The Balaban J connectivity index is 1.39. The highest BCUT2D eigenvalue weighted by Crippen LogP contribution is 2.33. The van der Waals surface area contributed by atoms with Crippen molar-refractivity contribution in [2.24, 2.45) is 0 Å². The monoisotopic (exact) mass is 1180 g/mol. The fourth-order valence-corrected chi connectivity index (χ4v) is 10.1. The lowest BCUT2D eigenvalue weighted by Crippen LogP contribution is -2.66. The third-order valence-corrected chi connectivity index (χ3v) is 15.2. The number of aliphatic hydroxyl groups is 11. The number of ether oxygens (including phenoxy) is 6. The molecule has 3 saturated heterocycles. The van der Waals surface area contributed by atoms with Gasteiger partial charge < -0.3 is 89.9 Å². The van der Waals surface area contributed by atoms with E-state index in [0.29, 0.717) is 6.42 Å². The molecule has 0 aromatic heterocycles. The predicted octanol–water partition coefficient (Wildman–Crippen LogP) is 6.37. The number of rotatable bonds is 45. The smallest absolute Gasteiger partial charge is 0.220 e. The Morgan fingerprint density at radius 1 is 0.446 bits per heavy atom. The lowest BCUT2D eigenvalue weighted by atomic mass is 9.96. The van der Waals surface area contributed by atoms with E-state index in [9.17, 15) is 61.0 Å². The van der Waals surface area contributed by atoms with Crippen molar-refractivity contribution >= 4 is 5.91 Å². The first-order chi connectivity index (χ1) is 40.3. The van der Waals surface area contributed by atoms with Crippen molar-refractivity contribution in [1.82, 2.24) is 5.32 Å². The maximum atomic E-state index is 13.3. The van der Waals surface area contributed by atoms with Crippen molar-refractivity contribution < 1.29 is 89.4 Å². The number of nitrogens with one attached hydrogen (secondary N) is 1. The van der Waals surface area contributed by atoms with E-state index in [-0.39, 0.29) is 18.9 Å². The van der Waals surface area contributed by atoms with Gasteiger partial charge in [-0.2, -0.15) is 0 Å². The first kappa shape index (κ1) is 74.2. The largest absolute Gasteiger partial charge is 0.394 e. The molecule has 19 heteroatoms. The van der Waals surface area contributed by atoms with Crippen LogP contribution in [-0.2, 0) is 33.2 Å². The van der Waals surface area contributed by atoms with E-state index in [1.165, 1.54) is 57.8 Å². The van der Waals surface area contributed by atoms with Crippen molar-refractivity contribution in [1.29, 1.82) is 0 Å². The Labute approximate surface area is 495 Å². The summed E-state index contributed by atoms with van der Waals surface area (Å²) in [5, 5.41) is 120. The van der Waals surface area contributed by atoms with Gasteiger partial charge in [0, 0.05) is 6.42 Å². The van der Waals surface area contributed by atoms with Gasteiger partial charge in [0.15, 0.2) is 18.9 Å². The number of allylic oxidation sites excluding steroid dienone is 13. The molecule has 0 saturated carbocycles. The highest BCUT2D eigenvalue weighted by atomic mass is 16.8. The Morgan fingerprint density at radius 2 is 0.831 bits per heavy atom. The van der Waals surface area contributed by atoms with Crippen LogP contribution in [0.25, 0.3) is 0 Å². The molecular formula is C64H109NO18. The minimum atomic E-state index is -1.98. The van der Waals surface area contributed by atoms with Gasteiger partial charge in [0.25, 0.3) is 0 Å². The SMILES string of the molecule is CC/C=C\C/C=C\C/C=C\C/C=C\C/C=C\C/C=C\CCCCCCCCCCCCC(=O)NC(COC1OC(CO)C(OC2OC(CO)C(OC3OC(CO)C(O)C(O)C3O)C(O)C2O)C(O)C1O)C(O)/C=C/CCCCCCCCC. The number of carbonyl (C=O) groups excluding carboxylic acids is 1. The molecule has 3 rings (SSSR count). The zero-order valence-corrected chi connectivity index (χ0v) is 49.9. The van der Waals surface area contributed by atoms with E-state index < -0.39 is 124 Å². The molecule has 0 bridgehead atoms. The van der Waals surface area contributed by atoms with Gasteiger partial charge in [0.05, 0.1) is 38.6 Å². The first-order valence-electron chi connectivity index (χ1n) is 31.3. The second-order valence-electron chi connectivity index (χ2n) is 22.1. The van der Waals surface area contributed by atoms with Crippen LogP contribution >= 0.6 is 0 Å². The van der Waals surface area contributed by atoms with Crippen molar-refractivity contribution in [3.8, 4) is 0 Å². The van der Waals surface area contributed by atoms with Crippen LogP contribution < -0.4 is 5.32 Å². The first-order valence-corrected chi connectivity index (χ1v) is 31.3. The van der Waals surface area contributed by atoms with E-state index in [1.54, 1.807) is 6.08 Å². The summed E-state index contributed by atoms with van der Waals surface area (Å²) in [4.78, 5) is 13.3. The molecule has 0 radical (unpaired) electrons. The topological polar surface area (TPSA) is 307 Å². The highest BCUT2D eigenvalue weighted by molar-refractivity contribution is 5.76. The maximum absolute atomic E-state index is 13.3. The van der Waals surface area contributed by atoms with E-state index in [1.807, 2.05) is 6.08 Å². The predicted molar refractivity (Wildman–Crippen MR) is 318 cm³/mol. The third kappa shape index (κ3) is 29.5. The lowest BCUT2D eigenvalue weighted by molar-refractivity contribution is -0.379. The van der Waals surface area contributed by atoms with E-state index in [0.717, 1.165) is 96.3 Å². The summed E-state index contributed by atoms with van der Waals surface area (Å²) in [6, 6.07) is -0.978. The molecule has 19 nitrogen and oxygen atoms in total. The Kier molecular flexibility index (Phi) is 41.3. The lowest BCUT2D eigenvalue weighted by Gasteiger charge is -2.48. The summed E-state index contributed by atoms with van der Waals surface area (Å²) >= 11 is 0. The third-order valence-electron chi connectivity index (χ3n) is 15.2. The minimum absolute atomic E-state index is 0.232. The average Bonchev–Trinajstić information content (AvgIpc) is 3.25. The molecule has 0 aliphatic carbocycles. The number of amides is 1. The van der Waals surface area contributed by atoms with Crippen molar-refractivity contribution in [3.63, 3.8) is 0 Å². The summed E-state index contributed by atoms with van der Waals surface area (Å²) in [5.41, 5.74) is 0. The fourth-order valence-electron chi connectivity index (χ4n) is 10.1. The van der Waals surface area contributed by atoms with Crippen LogP contribution in [0.3, 0.4) is 0 Å². The van der Waals surface area contributed by atoms with Crippen LogP contribution in [0.15, 0.2) is 85.1 Å². The molecule has 17 unspecified atom stereocenters. The van der Waals surface area contributed by atoms with Gasteiger partial charge in [-0.1, -0.05) is 189 Å². The van der Waals surface area contributed by atoms with Crippen LogP contribution in [0.1, 0.15) is 181 Å². The number of aliphatic hydroxyl groups excluding tert-OH is 11. The van der Waals surface area contributed by atoms with Gasteiger partial charge in [-0.15, -0.1) is 0 Å². The molecular weight excluding hydrogens is 1070 g/mol. The van der Waals surface area contributed by atoms with Crippen LogP contribution in [0, 0.1) is 0 Å². The number of hydrogen-bond acceptors (Lipinski definition) is 18. The molecule has 0 aromatic rings. The minimum Gasteiger partial charge on any atom is -0.394 e. The van der Waals surface area contributed by atoms with Crippen molar-refractivity contribution in [2.45, 2.75) is 285 Å². The highest BCUT2D eigenvalue weighted by Gasteiger charge is 2.53. The second-order valence-corrected chi connectivity index (χ2v) is 22.1. The molecule has 3 heterocycles. The number of carbonyl (C=O) groups is 1. The van der Waals surface area contributed by atoms with E-state index in [2.05, 4.69) is 92.1 Å². The van der Waals surface area contributed by atoms with Crippen LogP contribution in [-0.4, -0.2) is 193 Å². The number of hydrogen-bond donors (Lipinski definition) is 12. The van der Waals surface area contributed by atoms with Gasteiger partial charge in [-0.3, -0.25) is 4.79 Å². The van der Waals surface area contributed by atoms with Gasteiger partial charge in [0.2, 0.25) is 5.91 Å². The molecule has 1 amide bonds. The molecule has 3 fully saturated rings. The zero-order chi connectivity index (χ0) is 60.5. The fraction of sp³-hybridized carbons (Fsp3) is 0.766. The van der Waals surface area contributed by atoms with Gasteiger partial charge in [-0.05, 0) is 70.6 Å². The quantitative estimate of drug-likeness (QED) is 0.0233. The van der Waals surface area contributed by atoms with Crippen LogP contribution in [0.2, 0.25) is 0 Å². The molecule has 83 heavy (non-hydrogen) atoms. The van der Waals surface area contributed by atoms with Gasteiger partial charge >= 0.3 is 0 Å². The van der Waals surface area contributed by atoms with Crippen molar-refractivity contribution in [3.05, 3.63) is 85.1 Å². The summed E-state index contributed by atoms with van der Waals surface area (Å²) in [6.07, 6.45) is 30.2. The summed E-state index contributed by atoms with van der Waals surface area (Å²) in [7, 11) is 0. The molecule has 17 atom stereocenters. The van der Waals surface area contributed by atoms with Crippen LogP contribution in [0.5, 0.6) is 0 Å². The Bertz CT molecular complexity index is 1840. The summed E-state index contributed by atoms with van der Waals surface area (Å²) in [5.74, 6) is -0.288. The average molecular weight is 1180 g/mol. The number of unbranched alkanes of at least 4 members (excludes halogenated alkanes) is 17. The van der Waals surface area contributed by atoms with Gasteiger partial charge in [-0.25, -0.2) is 0 Å². The van der Waals surface area contributed by atoms with Crippen LogP contribution in [0.4, 0.5) is 0 Å². The van der Waals surface area contributed by atoms with E-state index >= 15 is 0 Å². The maximum Gasteiger partial charge on any atom is 0.220 e. The molecule has 0 spiro atoms. The summed E-state index contributed by atoms with van der Waals surface area (Å²) < 4.78 is 34.2. The van der Waals surface area contributed by atoms with E-state index in [4.69, 9.17) is 28.4 Å². The standard InChI is InChI=1S/C64H109NO18/c1-3-5-7-9-11-13-14-15-16-17-18-19-20-21-22-23-24-25-26-27-28-29-30-31-32-34-36-38-40-42-52(70)65-47(48(69)41-39-37-35-33-12-10-8-6-4-2)46-78-62-58(76)55(73)60(50(44-67)80-62)83-64-59(77)56(74)61(51(45-68)81-64)82-63-57(75)54(72)53(71)49(43-66)79-63/h5,7,11,13,15-16,18-19,21-22,24-25,39,41,47-51,53-64,66-69,71-77H,3-4,6,8-10,12,14,17,20,23,26-38,40,42-46H2,1-2H3,(H,65,70)/b7-5-,13-11-,16-15-,19-18-,22-21-,25-24-,41-39+. The summed E-state index contributed by atoms with van der Waals surface area (Å²) in [6.45, 7) is 1.54. The zero-order valence-electron chi connectivity index (χ0n) is 49.9. The molecule has 0 aromatic carbocycles. The van der Waals surface area contributed by atoms with Crippen molar-refractivity contribution in [2.75, 3.05) is 26.4 Å². The molecule has 3 aliphatic rings. The Hall–Kier alpha value is -3.03. The second kappa shape index (κ2) is 46.2. The van der Waals surface area contributed by atoms with Gasteiger partial charge in [0.1, 0.15) is 73.2 Å².